The fourth-order valence-electron chi connectivity index (χ4n) is 3.38. The van der Waals surface area contributed by atoms with Crippen LogP contribution in [0.2, 0.25) is 0 Å². The first-order valence-corrected chi connectivity index (χ1v) is 8.15. The topological polar surface area (TPSA) is 55.9 Å². The van der Waals surface area contributed by atoms with Gasteiger partial charge in [-0.15, -0.1) is 0 Å². The van der Waals surface area contributed by atoms with Gasteiger partial charge in [0.05, 0.1) is 28.7 Å². The normalized spacial score (nSPS) is 11.8. The molecule has 0 radical (unpaired) electrons. The number of pyridine rings is 1. The summed E-state index contributed by atoms with van der Waals surface area (Å²) in [5, 5.41) is 1.85. The van der Waals surface area contributed by atoms with Gasteiger partial charge in [-0.2, -0.15) is 4.57 Å². The summed E-state index contributed by atoms with van der Waals surface area (Å²) in [6.45, 7) is 4.03. The highest BCUT2D eigenvalue weighted by Crippen LogP contribution is 2.40. The molecule has 5 heteroatoms. The van der Waals surface area contributed by atoms with E-state index in [9.17, 15) is 0 Å². The first-order valence-electron chi connectivity index (χ1n) is 8.15. The highest BCUT2D eigenvalue weighted by Gasteiger charge is 2.23. The van der Waals surface area contributed by atoms with E-state index < -0.39 is 0 Å². The van der Waals surface area contributed by atoms with E-state index in [2.05, 4.69) is 23.0 Å². The predicted molar refractivity (Wildman–Crippen MR) is 95.2 cm³/mol. The van der Waals surface area contributed by atoms with Crippen molar-refractivity contribution in [3.05, 3.63) is 54.1 Å². The average Bonchev–Trinajstić information content (AvgIpc) is 3.11. The van der Waals surface area contributed by atoms with Crippen LogP contribution in [0, 0.1) is 13.8 Å². The van der Waals surface area contributed by atoms with Crippen LogP contribution in [0.25, 0.3) is 44.5 Å². The van der Waals surface area contributed by atoms with Crippen molar-refractivity contribution in [2.24, 2.45) is 7.05 Å². The summed E-state index contributed by atoms with van der Waals surface area (Å²) in [5.74, 6) is 0. The Morgan fingerprint density at radius 3 is 2.56 bits per heavy atom. The lowest BCUT2D eigenvalue weighted by molar-refractivity contribution is -0.660. The molecule has 5 aromatic rings. The number of aromatic nitrogens is 3. The van der Waals surface area contributed by atoms with Crippen LogP contribution in [0.3, 0.4) is 0 Å². The molecule has 0 N–H and O–H groups in total. The SMILES string of the molecule is Cc1ccc2c(n1)oc1c3ccc(C)c(-c4cncc[n+]4C)c3oc21. The lowest BCUT2D eigenvalue weighted by Crippen LogP contribution is -2.30. The van der Waals surface area contributed by atoms with Gasteiger partial charge in [0.15, 0.2) is 22.9 Å². The van der Waals surface area contributed by atoms with Crippen molar-refractivity contribution in [3.63, 3.8) is 0 Å². The molecular weight excluding hydrogens is 314 g/mol. The third-order valence-electron chi connectivity index (χ3n) is 4.67. The highest BCUT2D eigenvalue weighted by molar-refractivity contribution is 6.14. The van der Waals surface area contributed by atoms with Gasteiger partial charge in [-0.05, 0) is 37.6 Å². The zero-order valence-corrected chi connectivity index (χ0v) is 14.2. The van der Waals surface area contributed by atoms with Crippen LogP contribution in [-0.2, 0) is 7.05 Å². The average molecular weight is 330 g/mol. The smallest absolute Gasteiger partial charge is 0.234 e. The first-order chi connectivity index (χ1) is 12.1. The van der Waals surface area contributed by atoms with Crippen molar-refractivity contribution in [3.8, 4) is 11.3 Å². The number of rotatable bonds is 1. The molecule has 0 aliphatic rings. The molecular formula is C20H16N3O2+. The third-order valence-corrected chi connectivity index (χ3v) is 4.67. The molecule has 0 aliphatic carbocycles. The minimum Gasteiger partial charge on any atom is -0.451 e. The summed E-state index contributed by atoms with van der Waals surface area (Å²) in [7, 11) is 2.00. The van der Waals surface area contributed by atoms with E-state index in [0.717, 1.165) is 50.0 Å². The van der Waals surface area contributed by atoms with Gasteiger partial charge >= 0.3 is 0 Å². The summed E-state index contributed by atoms with van der Waals surface area (Å²) in [5.41, 5.74) is 7.02. The Morgan fingerprint density at radius 1 is 0.920 bits per heavy atom. The Kier molecular flexibility index (Phi) is 2.77. The molecule has 0 bridgehead atoms. The van der Waals surface area contributed by atoms with E-state index >= 15 is 0 Å². The van der Waals surface area contributed by atoms with E-state index in [-0.39, 0.29) is 0 Å². The summed E-state index contributed by atoms with van der Waals surface area (Å²) >= 11 is 0. The van der Waals surface area contributed by atoms with Gasteiger partial charge in [0.1, 0.15) is 7.05 Å². The van der Waals surface area contributed by atoms with Crippen molar-refractivity contribution in [2.75, 3.05) is 0 Å². The predicted octanol–water partition coefficient (Wildman–Crippen LogP) is 4.23. The van der Waals surface area contributed by atoms with Crippen molar-refractivity contribution < 1.29 is 13.4 Å². The summed E-state index contributed by atoms with van der Waals surface area (Å²) < 4.78 is 14.4. The Hall–Kier alpha value is -3.21. The standard InChI is InChI=1S/C20H16N3O2/c1-11-4-6-13-17(16(11)15-10-21-8-9-23(15)3)24-19-14-7-5-12(2)22-20(14)25-18(13)19/h4-10H,1-3H3/q+1. The Balaban J connectivity index is 1.93. The van der Waals surface area contributed by atoms with Crippen LogP contribution < -0.4 is 4.57 Å². The second kappa shape index (κ2) is 4.89. The largest absolute Gasteiger partial charge is 0.451 e. The molecule has 4 aromatic heterocycles. The zero-order chi connectivity index (χ0) is 17.1. The molecule has 0 unspecified atom stereocenters. The Bertz CT molecular complexity index is 1280. The maximum absolute atomic E-state index is 6.29. The maximum Gasteiger partial charge on any atom is 0.234 e. The second-order valence-electron chi connectivity index (χ2n) is 6.37. The summed E-state index contributed by atoms with van der Waals surface area (Å²) in [4.78, 5) is 8.74. The quantitative estimate of drug-likeness (QED) is 0.432. The van der Waals surface area contributed by atoms with Crippen molar-refractivity contribution in [1.82, 2.24) is 9.97 Å². The maximum atomic E-state index is 6.29. The van der Waals surface area contributed by atoms with Crippen molar-refractivity contribution in [1.29, 1.82) is 0 Å². The molecule has 5 rings (SSSR count). The fraction of sp³-hybridized carbons (Fsp3) is 0.150. The van der Waals surface area contributed by atoms with Gasteiger partial charge in [-0.1, -0.05) is 6.07 Å². The van der Waals surface area contributed by atoms with Crippen LogP contribution in [0.15, 0.2) is 51.7 Å². The number of furan rings is 2. The van der Waals surface area contributed by atoms with Gasteiger partial charge in [-0.3, -0.25) is 4.98 Å². The van der Waals surface area contributed by atoms with Gasteiger partial charge in [0, 0.05) is 5.69 Å². The highest BCUT2D eigenvalue weighted by atomic mass is 16.4. The molecule has 0 saturated carbocycles. The van der Waals surface area contributed by atoms with E-state index in [0.29, 0.717) is 5.71 Å². The van der Waals surface area contributed by atoms with Gasteiger partial charge in [0.25, 0.3) is 0 Å². The minimum atomic E-state index is 0.615. The fourth-order valence-corrected chi connectivity index (χ4v) is 3.38. The van der Waals surface area contributed by atoms with E-state index in [1.165, 1.54) is 0 Å². The van der Waals surface area contributed by atoms with Crippen molar-refractivity contribution in [2.45, 2.75) is 13.8 Å². The molecule has 0 amide bonds. The Morgan fingerprint density at radius 2 is 1.72 bits per heavy atom. The summed E-state index contributed by atoms with van der Waals surface area (Å²) in [6, 6.07) is 8.11. The molecule has 0 spiro atoms. The minimum absolute atomic E-state index is 0.615. The number of benzene rings is 1. The van der Waals surface area contributed by atoms with Gasteiger partial charge in [0.2, 0.25) is 11.4 Å². The van der Waals surface area contributed by atoms with Crippen molar-refractivity contribution >= 4 is 33.2 Å². The first kappa shape index (κ1) is 14.2. The summed E-state index contributed by atoms with van der Waals surface area (Å²) in [6.07, 6.45) is 5.56. The second-order valence-corrected chi connectivity index (χ2v) is 6.37. The molecule has 0 saturated heterocycles. The monoisotopic (exact) mass is 330 g/mol. The number of hydrogen-bond donors (Lipinski definition) is 0. The van der Waals surface area contributed by atoms with Crippen LogP contribution in [-0.4, -0.2) is 9.97 Å². The van der Waals surface area contributed by atoms with Gasteiger partial charge < -0.3 is 8.83 Å². The molecule has 0 atom stereocenters. The lowest BCUT2D eigenvalue weighted by Gasteiger charge is -2.04. The number of fused-ring (bicyclic) bond motifs is 5. The van der Waals surface area contributed by atoms with E-state index in [1.54, 1.807) is 6.20 Å². The van der Waals surface area contributed by atoms with Crippen LogP contribution in [0.4, 0.5) is 0 Å². The molecule has 4 heterocycles. The molecule has 0 fully saturated rings. The number of nitrogens with zero attached hydrogens (tertiary/aromatic N) is 3. The molecule has 5 nitrogen and oxygen atoms in total. The van der Waals surface area contributed by atoms with Crippen LogP contribution in [0.1, 0.15) is 11.3 Å². The third kappa shape index (κ3) is 1.92. The molecule has 25 heavy (non-hydrogen) atoms. The van der Waals surface area contributed by atoms with E-state index in [4.69, 9.17) is 8.83 Å². The van der Waals surface area contributed by atoms with E-state index in [1.807, 2.05) is 49.1 Å². The number of aryl methyl sites for hydroxylation is 3. The molecule has 0 aliphatic heterocycles. The van der Waals surface area contributed by atoms with Crippen LogP contribution in [0.5, 0.6) is 0 Å². The van der Waals surface area contributed by atoms with Gasteiger partial charge in [-0.25, -0.2) is 4.98 Å². The van der Waals surface area contributed by atoms with Crippen LogP contribution >= 0.6 is 0 Å². The molecule has 1 aromatic carbocycles. The lowest BCUT2D eigenvalue weighted by atomic mass is 10.0. The Labute approximate surface area is 143 Å². The zero-order valence-electron chi connectivity index (χ0n) is 14.2. The number of hydrogen-bond acceptors (Lipinski definition) is 4. The molecule has 122 valence electrons.